The molecule has 0 saturated heterocycles. The van der Waals surface area contributed by atoms with Crippen LogP contribution in [0.4, 0.5) is 0 Å². The fourth-order valence-electron chi connectivity index (χ4n) is 0.788. The van der Waals surface area contributed by atoms with Gasteiger partial charge in [-0.15, -0.1) is 0 Å². The fraction of sp³-hybridized carbons (Fsp3) is 0.429. The molecule has 1 heterocycles. The molecule has 1 atom stereocenters. The first-order valence-corrected chi connectivity index (χ1v) is 4.00. The van der Waals surface area contributed by atoms with E-state index in [-0.39, 0.29) is 5.25 Å². The molecule has 0 saturated carbocycles. The summed E-state index contributed by atoms with van der Waals surface area (Å²) in [6.45, 7) is 0.630. The van der Waals surface area contributed by atoms with Gasteiger partial charge in [-0.2, -0.15) is 12.6 Å². The third-order valence-electron chi connectivity index (χ3n) is 1.36. The zero-order valence-corrected chi connectivity index (χ0v) is 7.04. The second kappa shape index (κ2) is 4.31. The Bertz CT molecular complexity index is 202. The number of hydrogen-bond donors (Lipinski definition) is 2. The van der Waals surface area contributed by atoms with Crippen molar-refractivity contribution in [3.63, 3.8) is 0 Å². The average molecular weight is 169 g/mol. The number of hydrogen-bond acceptors (Lipinski definition) is 4. The first-order chi connectivity index (χ1) is 5.34. The minimum atomic E-state index is 0.119. The van der Waals surface area contributed by atoms with Crippen molar-refractivity contribution in [3.8, 4) is 0 Å². The summed E-state index contributed by atoms with van der Waals surface area (Å²) >= 11 is 4.32. The Morgan fingerprint density at radius 3 is 2.91 bits per heavy atom. The molecule has 0 amide bonds. The van der Waals surface area contributed by atoms with Crippen molar-refractivity contribution in [2.45, 2.75) is 11.7 Å². The van der Waals surface area contributed by atoms with E-state index in [0.29, 0.717) is 6.54 Å². The average Bonchev–Trinajstić information content (AvgIpc) is 2.07. The van der Waals surface area contributed by atoms with E-state index >= 15 is 0 Å². The molecule has 2 N–H and O–H groups in total. The number of nitrogens with zero attached hydrogens (tertiary/aromatic N) is 2. The summed E-state index contributed by atoms with van der Waals surface area (Å²) in [6, 6.07) is 0. The van der Waals surface area contributed by atoms with Crippen LogP contribution in [0.2, 0.25) is 0 Å². The van der Waals surface area contributed by atoms with Crippen molar-refractivity contribution < 1.29 is 0 Å². The van der Waals surface area contributed by atoms with Crippen LogP contribution in [0, 0.1) is 0 Å². The summed E-state index contributed by atoms with van der Waals surface area (Å²) in [6.07, 6.45) is 5.86. The van der Waals surface area contributed by atoms with Crippen molar-refractivity contribution in [2.24, 2.45) is 5.73 Å². The summed E-state index contributed by atoms with van der Waals surface area (Å²) < 4.78 is 0. The molecule has 1 rings (SSSR count). The van der Waals surface area contributed by atoms with Crippen LogP contribution in [-0.2, 0) is 0 Å². The molecule has 3 nitrogen and oxygen atoms in total. The Balaban J connectivity index is 2.61. The van der Waals surface area contributed by atoms with Crippen LogP contribution < -0.4 is 5.73 Å². The lowest BCUT2D eigenvalue weighted by Gasteiger charge is -2.06. The summed E-state index contributed by atoms with van der Waals surface area (Å²) in [7, 11) is 0. The van der Waals surface area contributed by atoms with Crippen molar-refractivity contribution in [2.75, 3.05) is 6.54 Å². The predicted molar refractivity (Wildman–Crippen MR) is 47.4 cm³/mol. The zero-order valence-electron chi connectivity index (χ0n) is 6.14. The molecule has 60 valence electrons. The molecular weight excluding hydrogens is 158 g/mol. The van der Waals surface area contributed by atoms with Gasteiger partial charge in [0.25, 0.3) is 0 Å². The van der Waals surface area contributed by atoms with Gasteiger partial charge in [-0.3, -0.25) is 9.97 Å². The maximum atomic E-state index is 5.37. The summed E-state index contributed by atoms with van der Waals surface area (Å²) in [5.41, 5.74) is 6.26. The highest BCUT2D eigenvalue weighted by Gasteiger charge is 2.05. The third-order valence-corrected chi connectivity index (χ3v) is 1.89. The van der Waals surface area contributed by atoms with Crippen LogP contribution in [0.1, 0.15) is 17.4 Å². The maximum Gasteiger partial charge on any atom is 0.0714 e. The van der Waals surface area contributed by atoms with Crippen LogP contribution in [0.15, 0.2) is 18.6 Å². The Morgan fingerprint density at radius 1 is 1.55 bits per heavy atom. The van der Waals surface area contributed by atoms with Crippen molar-refractivity contribution >= 4 is 12.6 Å². The lowest BCUT2D eigenvalue weighted by Crippen LogP contribution is -2.04. The van der Waals surface area contributed by atoms with Gasteiger partial charge in [0.05, 0.1) is 5.69 Å². The van der Waals surface area contributed by atoms with Gasteiger partial charge in [-0.05, 0) is 13.0 Å². The topological polar surface area (TPSA) is 51.8 Å². The van der Waals surface area contributed by atoms with Crippen LogP contribution in [0.3, 0.4) is 0 Å². The fourth-order valence-corrected chi connectivity index (χ4v) is 1.07. The Hall–Kier alpha value is -0.610. The monoisotopic (exact) mass is 169 g/mol. The zero-order chi connectivity index (χ0) is 8.10. The highest BCUT2D eigenvalue weighted by molar-refractivity contribution is 7.80. The minimum absolute atomic E-state index is 0.119. The van der Waals surface area contributed by atoms with Gasteiger partial charge in [0.15, 0.2) is 0 Å². The highest BCUT2D eigenvalue weighted by atomic mass is 32.1. The third kappa shape index (κ3) is 2.48. The first kappa shape index (κ1) is 8.49. The Labute approximate surface area is 71.5 Å². The number of aromatic nitrogens is 2. The first-order valence-electron chi connectivity index (χ1n) is 3.48. The molecule has 0 aliphatic rings. The van der Waals surface area contributed by atoms with E-state index < -0.39 is 0 Å². The van der Waals surface area contributed by atoms with Crippen LogP contribution in [-0.4, -0.2) is 16.5 Å². The highest BCUT2D eigenvalue weighted by Crippen LogP contribution is 2.18. The van der Waals surface area contributed by atoms with Crippen LogP contribution in [0.5, 0.6) is 0 Å². The van der Waals surface area contributed by atoms with Gasteiger partial charge in [0, 0.05) is 23.8 Å². The lowest BCUT2D eigenvalue weighted by molar-refractivity contribution is 0.791. The molecule has 0 fully saturated rings. The van der Waals surface area contributed by atoms with Gasteiger partial charge < -0.3 is 5.73 Å². The van der Waals surface area contributed by atoms with Gasteiger partial charge in [0.2, 0.25) is 0 Å². The van der Waals surface area contributed by atoms with Crippen molar-refractivity contribution in [1.82, 2.24) is 9.97 Å². The number of thiol groups is 1. The molecule has 0 aliphatic heterocycles. The van der Waals surface area contributed by atoms with E-state index in [0.717, 1.165) is 12.1 Å². The van der Waals surface area contributed by atoms with Gasteiger partial charge >= 0.3 is 0 Å². The minimum Gasteiger partial charge on any atom is -0.330 e. The molecule has 1 unspecified atom stereocenters. The quantitative estimate of drug-likeness (QED) is 0.658. The number of rotatable bonds is 3. The maximum absolute atomic E-state index is 5.37. The molecule has 1 aromatic rings. The van der Waals surface area contributed by atoms with E-state index in [1.165, 1.54) is 0 Å². The van der Waals surface area contributed by atoms with Crippen molar-refractivity contribution in [1.29, 1.82) is 0 Å². The van der Waals surface area contributed by atoms with E-state index in [1.54, 1.807) is 18.6 Å². The standard InChI is InChI=1S/C7H11N3S/c8-2-1-7(11)6-5-9-3-4-10-6/h3-5,7,11H,1-2,8H2. The largest absolute Gasteiger partial charge is 0.330 e. The molecule has 0 aliphatic carbocycles. The lowest BCUT2D eigenvalue weighted by atomic mass is 10.2. The van der Waals surface area contributed by atoms with E-state index in [2.05, 4.69) is 22.6 Å². The summed E-state index contributed by atoms with van der Waals surface area (Å²) in [5.74, 6) is 0. The molecule has 4 heteroatoms. The molecular formula is C7H11N3S. The predicted octanol–water partition coefficient (Wildman–Crippen LogP) is 0.796. The molecule has 0 bridgehead atoms. The second-order valence-electron chi connectivity index (χ2n) is 2.22. The molecule has 0 radical (unpaired) electrons. The summed E-state index contributed by atoms with van der Waals surface area (Å²) in [4.78, 5) is 8.04. The van der Waals surface area contributed by atoms with Gasteiger partial charge in [-0.1, -0.05) is 0 Å². The molecule has 11 heavy (non-hydrogen) atoms. The van der Waals surface area contributed by atoms with Gasteiger partial charge in [-0.25, -0.2) is 0 Å². The SMILES string of the molecule is NCCC(S)c1cnccn1. The summed E-state index contributed by atoms with van der Waals surface area (Å²) in [5, 5.41) is 0.119. The van der Waals surface area contributed by atoms with E-state index in [9.17, 15) is 0 Å². The Kier molecular flexibility index (Phi) is 3.32. The number of nitrogens with two attached hydrogens (primary N) is 1. The molecule has 0 spiro atoms. The Morgan fingerprint density at radius 2 is 2.36 bits per heavy atom. The van der Waals surface area contributed by atoms with Crippen LogP contribution in [0.25, 0.3) is 0 Å². The van der Waals surface area contributed by atoms with E-state index in [1.807, 2.05) is 0 Å². The smallest absolute Gasteiger partial charge is 0.0714 e. The molecule has 1 aromatic heterocycles. The molecule has 0 aromatic carbocycles. The van der Waals surface area contributed by atoms with Crippen LogP contribution >= 0.6 is 12.6 Å². The van der Waals surface area contributed by atoms with Crippen molar-refractivity contribution in [3.05, 3.63) is 24.3 Å². The van der Waals surface area contributed by atoms with E-state index in [4.69, 9.17) is 5.73 Å². The second-order valence-corrected chi connectivity index (χ2v) is 2.85. The van der Waals surface area contributed by atoms with Gasteiger partial charge in [0.1, 0.15) is 0 Å². The normalized spacial score (nSPS) is 12.9.